The molecule has 1 aromatic rings. The van der Waals surface area contributed by atoms with Gasteiger partial charge < -0.3 is 11.1 Å². The molecule has 5 heteroatoms. The van der Waals surface area contributed by atoms with Crippen LogP contribution in [0.4, 0.5) is 10.1 Å². The maximum Gasteiger partial charge on any atom is 0.161 e. The summed E-state index contributed by atoms with van der Waals surface area (Å²) in [5, 5.41) is 3.13. The van der Waals surface area contributed by atoms with Crippen LogP contribution in [0.2, 0.25) is 0 Å². The van der Waals surface area contributed by atoms with Gasteiger partial charge in [-0.05, 0) is 40.9 Å². The second-order valence-corrected chi connectivity index (χ2v) is 5.56. The highest BCUT2D eigenvalue weighted by atomic mass is 79.9. The van der Waals surface area contributed by atoms with E-state index in [1.807, 2.05) is 6.92 Å². The molecule has 0 bridgehead atoms. The standard InChI is InChI=1S/C12H16BrFN2S/c1-6(2)7(3)16-9-5-4-8(12(15)17)10(13)11(9)14/h4-7,16H,1-3H3,(H2,15,17). The molecule has 1 rings (SSSR count). The van der Waals surface area contributed by atoms with E-state index in [2.05, 4.69) is 35.1 Å². The highest BCUT2D eigenvalue weighted by Gasteiger charge is 2.15. The molecule has 17 heavy (non-hydrogen) atoms. The molecule has 0 aliphatic heterocycles. The monoisotopic (exact) mass is 318 g/mol. The van der Waals surface area contributed by atoms with Gasteiger partial charge in [-0.15, -0.1) is 0 Å². The molecule has 3 N–H and O–H groups in total. The molecule has 1 atom stereocenters. The van der Waals surface area contributed by atoms with Gasteiger partial charge in [-0.25, -0.2) is 4.39 Å². The zero-order chi connectivity index (χ0) is 13.2. The number of hydrogen-bond donors (Lipinski definition) is 2. The second kappa shape index (κ2) is 5.78. The van der Waals surface area contributed by atoms with Crippen molar-refractivity contribution in [2.75, 3.05) is 5.32 Å². The van der Waals surface area contributed by atoms with Crippen molar-refractivity contribution in [2.45, 2.75) is 26.8 Å². The third-order valence-electron chi connectivity index (χ3n) is 2.73. The summed E-state index contributed by atoms with van der Waals surface area (Å²) in [4.78, 5) is 0.180. The van der Waals surface area contributed by atoms with Crippen LogP contribution in [0.1, 0.15) is 26.3 Å². The fourth-order valence-corrected chi connectivity index (χ4v) is 2.12. The summed E-state index contributed by atoms with van der Waals surface area (Å²) in [5.74, 6) is 0.0613. The number of rotatable bonds is 4. The molecule has 0 saturated heterocycles. The zero-order valence-electron chi connectivity index (χ0n) is 10.1. The lowest BCUT2D eigenvalue weighted by Crippen LogP contribution is -2.22. The molecular weight excluding hydrogens is 303 g/mol. The molecule has 0 aliphatic carbocycles. The van der Waals surface area contributed by atoms with Crippen molar-refractivity contribution < 1.29 is 4.39 Å². The Hall–Kier alpha value is -0.680. The number of thiocarbonyl (C=S) groups is 1. The Morgan fingerprint density at radius 3 is 2.47 bits per heavy atom. The minimum absolute atomic E-state index is 0.180. The summed E-state index contributed by atoms with van der Waals surface area (Å²) in [6.07, 6.45) is 0. The van der Waals surface area contributed by atoms with Crippen LogP contribution in [-0.2, 0) is 0 Å². The molecule has 0 fully saturated rings. The minimum atomic E-state index is -0.359. The first-order chi connectivity index (χ1) is 7.84. The van der Waals surface area contributed by atoms with Gasteiger partial charge in [-0.1, -0.05) is 26.1 Å². The van der Waals surface area contributed by atoms with E-state index >= 15 is 0 Å². The second-order valence-electron chi connectivity index (χ2n) is 4.33. The maximum absolute atomic E-state index is 14.0. The molecule has 0 amide bonds. The Morgan fingerprint density at radius 2 is 2.00 bits per heavy atom. The lowest BCUT2D eigenvalue weighted by molar-refractivity contribution is 0.551. The summed E-state index contributed by atoms with van der Waals surface area (Å²) in [5.41, 5.74) is 6.47. The van der Waals surface area contributed by atoms with Gasteiger partial charge in [0.05, 0.1) is 10.2 Å². The normalized spacial score (nSPS) is 12.6. The van der Waals surface area contributed by atoms with Crippen molar-refractivity contribution in [3.8, 4) is 0 Å². The quantitative estimate of drug-likeness (QED) is 0.832. The van der Waals surface area contributed by atoms with Gasteiger partial charge in [0.1, 0.15) is 4.99 Å². The van der Waals surface area contributed by atoms with Crippen molar-refractivity contribution in [3.05, 3.63) is 28.0 Å². The Morgan fingerprint density at radius 1 is 1.41 bits per heavy atom. The van der Waals surface area contributed by atoms with Crippen LogP contribution in [0.3, 0.4) is 0 Å². The van der Waals surface area contributed by atoms with Crippen LogP contribution in [0, 0.1) is 11.7 Å². The fourth-order valence-electron chi connectivity index (χ4n) is 1.26. The predicted octanol–water partition coefficient (Wildman–Crippen LogP) is 3.68. The van der Waals surface area contributed by atoms with Gasteiger partial charge in [0.25, 0.3) is 0 Å². The SMILES string of the molecule is CC(C)C(C)Nc1ccc(C(N)=S)c(Br)c1F. The molecule has 0 aromatic heterocycles. The van der Waals surface area contributed by atoms with Crippen LogP contribution in [0.5, 0.6) is 0 Å². The van der Waals surface area contributed by atoms with E-state index in [0.717, 1.165) is 0 Å². The number of anilines is 1. The maximum atomic E-state index is 14.0. The highest BCUT2D eigenvalue weighted by Crippen LogP contribution is 2.28. The van der Waals surface area contributed by atoms with Crippen molar-refractivity contribution in [1.82, 2.24) is 0 Å². The van der Waals surface area contributed by atoms with Crippen LogP contribution in [0.15, 0.2) is 16.6 Å². The van der Waals surface area contributed by atoms with Crippen LogP contribution < -0.4 is 11.1 Å². The molecule has 0 aliphatic rings. The number of hydrogen-bond acceptors (Lipinski definition) is 2. The third-order valence-corrected chi connectivity index (χ3v) is 3.73. The minimum Gasteiger partial charge on any atom is -0.389 e. The van der Waals surface area contributed by atoms with E-state index in [1.54, 1.807) is 12.1 Å². The molecule has 1 aromatic carbocycles. The number of halogens is 2. The molecule has 0 heterocycles. The van der Waals surface area contributed by atoms with Gasteiger partial charge in [0.2, 0.25) is 0 Å². The zero-order valence-corrected chi connectivity index (χ0v) is 12.5. The summed E-state index contributed by atoms with van der Waals surface area (Å²) in [6.45, 7) is 6.17. The van der Waals surface area contributed by atoms with Crippen molar-refractivity contribution in [3.63, 3.8) is 0 Å². The number of benzene rings is 1. The Labute approximate surface area is 115 Å². The van der Waals surface area contributed by atoms with Crippen LogP contribution in [0.25, 0.3) is 0 Å². The Balaban J connectivity index is 3.05. The highest BCUT2D eigenvalue weighted by molar-refractivity contribution is 9.10. The summed E-state index contributed by atoms with van der Waals surface area (Å²) >= 11 is 8.02. The first-order valence-electron chi connectivity index (χ1n) is 5.39. The molecule has 0 saturated carbocycles. The van der Waals surface area contributed by atoms with E-state index in [0.29, 0.717) is 21.6 Å². The molecule has 0 spiro atoms. The van der Waals surface area contributed by atoms with Gasteiger partial charge >= 0.3 is 0 Å². The van der Waals surface area contributed by atoms with Crippen molar-refractivity contribution in [1.29, 1.82) is 0 Å². The Bertz CT molecular complexity index is 435. The lowest BCUT2D eigenvalue weighted by Gasteiger charge is -2.20. The summed E-state index contributed by atoms with van der Waals surface area (Å²) < 4.78 is 14.3. The molecule has 0 radical (unpaired) electrons. The number of nitrogens with two attached hydrogens (primary N) is 1. The van der Waals surface area contributed by atoms with Gasteiger partial charge in [0.15, 0.2) is 5.82 Å². The average molecular weight is 319 g/mol. The molecule has 94 valence electrons. The van der Waals surface area contributed by atoms with Crippen LogP contribution >= 0.6 is 28.1 Å². The van der Waals surface area contributed by atoms with E-state index in [4.69, 9.17) is 18.0 Å². The molecule has 2 nitrogen and oxygen atoms in total. The summed E-state index contributed by atoms with van der Waals surface area (Å²) in [7, 11) is 0. The third kappa shape index (κ3) is 3.39. The van der Waals surface area contributed by atoms with E-state index in [1.165, 1.54) is 0 Å². The first kappa shape index (κ1) is 14.4. The predicted molar refractivity (Wildman–Crippen MR) is 77.9 cm³/mol. The van der Waals surface area contributed by atoms with Crippen molar-refractivity contribution >= 4 is 38.8 Å². The van der Waals surface area contributed by atoms with E-state index in [-0.39, 0.29) is 16.8 Å². The fraction of sp³-hybridized carbons (Fsp3) is 0.417. The molecule has 1 unspecified atom stereocenters. The average Bonchev–Trinajstić information content (AvgIpc) is 2.24. The first-order valence-corrected chi connectivity index (χ1v) is 6.59. The van der Waals surface area contributed by atoms with E-state index in [9.17, 15) is 4.39 Å². The van der Waals surface area contributed by atoms with E-state index < -0.39 is 0 Å². The molecular formula is C12H16BrFN2S. The largest absolute Gasteiger partial charge is 0.389 e. The lowest BCUT2D eigenvalue weighted by atomic mass is 10.1. The number of nitrogens with one attached hydrogen (secondary N) is 1. The van der Waals surface area contributed by atoms with Crippen molar-refractivity contribution in [2.24, 2.45) is 11.7 Å². The van der Waals surface area contributed by atoms with Gasteiger partial charge in [-0.3, -0.25) is 0 Å². The van der Waals surface area contributed by atoms with Gasteiger partial charge in [0, 0.05) is 11.6 Å². The smallest absolute Gasteiger partial charge is 0.161 e. The topological polar surface area (TPSA) is 38.0 Å². The van der Waals surface area contributed by atoms with Gasteiger partial charge in [-0.2, -0.15) is 0 Å². The summed E-state index contributed by atoms with van der Waals surface area (Å²) in [6, 6.07) is 3.56. The van der Waals surface area contributed by atoms with Crippen LogP contribution in [-0.4, -0.2) is 11.0 Å². The Kier molecular flexibility index (Phi) is 4.89.